The number of nitrogens with zero attached hydrogens (tertiary/aromatic N) is 2. The first-order chi connectivity index (χ1) is 13.2. The Morgan fingerprint density at radius 3 is 2.37 bits per heavy atom. The summed E-state index contributed by atoms with van der Waals surface area (Å²) in [5.41, 5.74) is 4.04. The standard InChI is InChI=1S/C23H22N2O2/c1-24(16-18-12-6-9-15-21(18)27-2)25-20-14-8-7-13-19(20)22(23(25)26)17-10-4-3-5-11-17/h3-15,22H,16H2,1-2H3/t22-/m1/s1. The summed E-state index contributed by atoms with van der Waals surface area (Å²) in [6.07, 6.45) is 0. The van der Waals surface area contributed by atoms with E-state index in [0.717, 1.165) is 28.1 Å². The van der Waals surface area contributed by atoms with Crippen molar-refractivity contribution in [3.8, 4) is 5.75 Å². The number of para-hydroxylation sites is 2. The average molecular weight is 358 g/mol. The lowest BCUT2D eigenvalue weighted by atomic mass is 9.93. The second kappa shape index (κ2) is 7.25. The van der Waals surface area contributed by atoms with Crippen molar-refractivity contribution in [2.24, 2.45) is 0 Å². The lowest BCUT2D eigenvalue weighted by Gasteiger charge is -2.29. The van der Waals surface area contributed by atoms with Gasteiger partial charge in [-0.2, -0.15) is 0 Å². The molecule has 4 rings (SSSR count). The number of amides is 1. The summed E-state index contributed by atoms with van der Waals surface area (Å²) in [5.74, 6) is 0.617. The Hall–Kier alpha value is -3.11. The first kappa shape index (κ1) is 17.3. The van der Waals surface area contributed by atoms with Crippen molar-refractivity contribution in [2.45, 2.75) is 12.5 Å². The maximum atomic E-state index is 13.4. The first-order valence-electron chi connectivity index (χ1n) is 9.01. The number of anilines is 1. The minimum Gasteiger partial charge on any atom is -0.496 e. The molecule has 0 N–H and O–H groups in total. The van der Waals surface area contributed by atoms with Crippen LogP contribution in [-0.2, 0) is 11.3 Å². The van der Waals surface area contributed by atoms with Crippen LogP contribution in [0.25, 0.3) is 0 Å². The van der Waals surface area contributed by atoms with Crippen LogP contribution < -0.4 is 9.75 Å². The number of benzene rings is 3. The third-order valence-corrected chi connectivity index (χ3v) is 5.00. The van der Waals surface area contributed by atoms with Crippen LogP contribution in [0.4, 0.5) is 5.69 Å². The van der Waals surface area contributed by atoms with Crippen molar-refractivity contribution in [2.75, 3.05) is 19.2 Å². The van der Waals surface area contributed by atoms with Crippen molar-refractivity contribution in [3.63, 3.8) is 0 Å². The first-order valence-corrected chi connectivity index (χ1v) is 9.01. The Labute approximate surface area is 159 Å². The van der Waals surface area contributed by atoms with Gasteiger partial charge in [0.1, 0.15) is 5.75 Å². The molecule has 0 fully saturated rings. The van der Waals surface area contributed by atoms with Gasteiger partial charge in [0.2, 0.25) is 0 Å². The van der Waals surface area contributed by atoms with E-state index in [1.54, 1.807) is 12.1 Å². The molecule has 0 spiro atoms. The van der Waals surface area contributed by atoms with Crippen LogP contribution in [0.3, 0.4) is 0 Å². The molecule has 0 unspecified atom stereocenters. The van der Waals surface area contributed by atoms with Gasteiger partial charge in [-0.15, -0.1) is 0 Å². The molecule has 0 aliphatic carbocycles. The minimum absolute atomic E-state index is 0.0693. The molecule has 3 aromatic rings. The Bertz CT molecular complexity index is 955. The van der Waals surface area contributed by atoms with Crippen molar-refractivity contribution >= 4 is 11.6 Å². The van der Waals surface area contributed by atoms with Gasteiger partial charge < -0.3 is 4.74 Å². The van der Waals surface area contributed by atoms with Gasteiger partial charge in [-0.25, -0.2) is 10.0 Å². The number of fused-ring (bicyclic) bond motifs is 1. The number of carbonyl (C=O) groups is 1. The largest absolute Gasteiger partial charge is 0.496 e. The molecule has 0 saturated heterocycles. The van der Waals surface area contributed by atoms with Crippen LogP contribution in [0.5, 0.6) is 5.75 Å². The lowest BCUT2D eigenvalue weighted by Crippen LogP contribution is -2.42. The molecule has 136 valence electrons. The van der Waals surface area contributed by atoms with E-state index >= 15 is 0 Å². The molecule has 4 nitrogen and oxygen atoms in total. The number of hydrazine groups is 1. The van der Waals surface area contributed by atoms with Gasteiger partial charge in [0, 0.05) is 19.2 Å². The van der Waals surface area contributed by atoms with E-state index in [1.807, 2.05) is 90.9 Å². The number of carbonyl (C=O) groups excluding carboxylic acids is 1. The highest BCUT2D eigenvalue weighted by Crippen LogP contribution is 2.41. The van der Waals surface area contributed by atoms with Gasteiger partial charge in [0.05, 0.1) is 18.7 Å². The molecule has 1 atom stereocenters. The number of ether oxygens (including phenoxy) is 1. The summed E-state index contributed by atoms with van der Waals surface area (Å²) in [7, 11) is 3.61. The molecular formula is C23H22N2O2. The Balaban J connectivity index is 1.70. The van der Waals surface area contributed by atoms with Gasteiger partial charge in [-0.05, 0) is 23.3 Å². The fourth-order valence-corrected chi connectivity index (χ4v) is 3.77. The second-order valence-electron chi connectivity index (χ2n) is 6.68. The molecule has 1 heterocycles. The number of hydrogen-bond acceptors (Lipinski definition) is 3. The monoisotopic (exact) mass is 358 g/mol. The molecule has 27 heavy (non-hydrogen) atoms. The van der Waals surface area contributed by atoms with Crippen LogP contribution in [0.15, 0.2) is 78.9 Å². The second-order valence-corrected chi connectivity index (χ2v) is 6.68. The maximum absolute atomic E-state index is 13.4. The van der Waals surface area contributed by atoms with E-state index in [4.69, 9.17) is 4.74 Å². The van der Waals surface area contributed by atoms with E-state index < -0.39 is 0 Å². The molecule has 0 aromatic heterocycles. The Kier molecular flexibility index (Phi) is 4.65. The summed E-state index contributed by atoms with van der Waals surface area (Å²) >= 11 is 0. The van der Waals surface area contributed by atoms with E-state index in [9.17, 15) is 4.79 Å². The van der Waals surface area contributed by atoms with Gasteiger partial charge in [-0.3, -0.25) is 4.79 Å². The highest BCUT2D eigenvalue weighted by atomic mass is 16.5. The molecule has 4 heteroatoms. The molecule has 3 aromatic carbocycles. The number of rotatable bonds is 5. The predicted octanol–water partition coefficient (Wildman–Crippen LogP) is 4.22. The fourth-order valence-electron chi connectivity index (χ4n) is 3.77. The maximum Gasteiger partial charge on any atom is 0.253 e. The SMILES string of the molecule is COc1ccccc1CN(C)N1C(=O)[C@H](c2ccccc2)c2ccccc21. The van der Waals surface area contributed by atoms with Crippen molar-refractivity contribution in [1.29, 1.82) is 0 Å². The van der Waals surface area contributed by atoms with Gasteiger partial charge in [0.25, 0.3) is 5.91 Å². The van der Waals surface area contributed by atoms with Crippen LogP contribution in [0.2, 0.25) is 0 Å². The van der Waals surface area contributed by atoms with E-state index in [2.05, 4.69) is 0 Å². The molecular weight excluding hydrogens is 336 g/mol. The van der Waals surface area contributed by atoms with Gasteiger partial charge >= 0.3 is 0 Å². The molecule has 0 bridgehead atoms. The van der Waals surface area contributed by atoms with Crippen LogP contribution >= 0.6 is 0 Å². The van der Waals surface area contributed by atoms with Crippen LogP contribution in [0, 0.1) is 0 Å². The fraction of sp³-hybridized carbons (Fsp3) is 0.174. The lowest BCUT2D eigenvalue weighted by molar-refractivity contribution is -0.121. The summed E-state index contributed by atoms with van der Waals surface area (Å²) < 4.78 is 5.47. The smallest absolute Gasteiger partial charge is 0.253 e. The number of hydrogen-bond donors (Lipinski definition) is 0. The molecule has 1 aliphatic rings. The quantitative estimate of drug-likeness (QED) is 0.685. The number of methoxy groups -OCH3 is 1. The van der Waals surface area contributed by atoms with Gasteiger partial charge in [-0.1, -0.05) is 66.7 Å². The predicted molar refractivity (Wildman–Crippen MR) is 107 cm³/mol. The highest BCUT2D eigenvalue weighted by Gasteiger charge is 2.40. The summed E-state index contributed by atoms with van der Waals surface area (Å²) in [4.78, 5) is 13.4. The summed E-state index contributed by atoms with van der Waals surface area (Å²) in [6, 6.07) is 25.9. The van der Waals surface area contributed by atoms with Gasteiger partial charge in [0.15, 0.2) is 0 Å². The van der Waals surface area contributed by atoms with Crippen molar-refractivity contribution < 1.29 is 9.53 Å². The van der Waals surface area contributed by atoms with E-state index in [0.29, 0.717) is 6.54 Å². The normalized spacial score (nSPS) is 15.9. The van der Waals surface area contributed by atoms with Crippen molar-refractivity contribution in [3.05, 3.63) is 95.6 Å². The van der Waals surface area contributed by atoms with Crippen molar-refractivity contribution in [1.82, 2.24) is 5.01 Å². The average Bonchev–Trinajstić information content (AvgIpc) is 3.01. The third kappa shape index (κ3) is 3.09. The zero-order valence-electron chi connectivity index (χ0n) is 15.5. The third-order valence-electron chi connectivity index (χ3n) is 5.00. The molecule has 0 saturated carbocycles. The molecule has 1 amide bonds. The minimum atomic E-state index is -0.275. The zero-order valence-corrected chi connectivity index (χ0v) is 15.5. The van der Waals surface area contributed by atoms with E-state index in [-0.39, 0.29) is 11.8 Å². The Morgan fingerprint density at radius 2 is 1.59 bits per heavy atom. The highest BCUT2D eigenvalue weighted by molar-refractivity contribution is 6.06. The Morgan fingerprint density at radius 1 is 0.926 bits per heavy atom. The van der Waals surface area contributed by atoms with Crippen LogP contribution in [0.1, 0.15) is 22.6 Å². The zero-order chi connectivity index (χ0) is 18.8. The van der Waals surface area contributed by atoms with E-state index in [1.165, 1.54) is 0 Å². The summed E-state index contributed by atoms with van der Waals surface area (Å²) in [6.45, 7) is 0.575. The summed E-state index contributed by atoms with van der Waals surface area (Å²) in [5, 5.41) is 3.75. The van der Waals surface area contributed by atoms with Crippen LogP contribution in [-0.4, -0.2) is 25.1 Å². The molecule has 1 aliphatic heterocycles. The molecule has 0 radical (unpaired) electrons. The topological polar surface area (TPSA) is 32.8 Å².